The van der Waals surface area contributed by atoms with E-state index < -0.39 is 0 Å². The van der Waals surface area contributed by atoms with Gasteiger partial charge in [-0.05, 0) is 32.6 Å². The maximum atomic E-state index is 11.4. The highest BCUT2D eigenvalue weighted by atomic mass is 16.5. The van der Waals surface area contributed by atoms with E-state index in [1.165, 1.54) is 0 Å². The van der Waals surface area contributed by atoms with E-state index in [9.17, 15) is 4.79 Å². The summed E-state index contributed by atoms with van der Waals surface area (Å²) in [5.74, 6) is 0.356. The quantitative estimate of drug-likeness (QED) is 0.672. The van der Waals surface area contributed by atoms with E-state index in [-0.39, 0.29) is 17.6 Å². The Hall–Kier alpha value is -0.610. The molecule has 1 aliphatic carbocycles. The van der Waals surface area contributed by atoms with Crippen molar-refractivity contribution in [2.45, 2.75) is 51.2 Å². The van der Waals surface area contributed by atoms with Crippen LogP contribution in [-0.2, 0) is 14.3 Å². The van der Waals surface area contributed by atoms with E-state index in [2.05, 4.69) is 0 Å². The zero-order valence-corrected chi connectivity index (χ0v) is 10.5. The van der Waals surface area contributed by atoms with Crippen LogP contribution in [0.1, 0.15) is 39.5 Å². The molecular formula is C12H23NO3. The van der Waals surface area contributed by atoms with Gasteiger partial charge in [0.25, 0.3) is 0 Å². The summed E-state index contributed by atoms with van der Waals surface area (Å²) in [6.07, 6.45) is 3.36. The molecule has 1 fully saturated rings. The maximum Gasteiger partial charge on any atom is 0.307 e. The van der Waals surface area contributed by atoms with Crippen LogP contribution in [0.2, 0.25) is 0 Å². The van der Waals surface area contributed by atoms with Crippen LogP contribution in [0.25, 0.3) is 0 Å². The Labute approximate surface area is 97.5 Å². The number of carbonyl (C=O) groups is 1. The third-order valence-corrected chi connectivity index (χ3v) is 3.15. The van der Waals surface area contributed by atoms with Gasteiger partial charge < -0.3 is 15.2 Å². The number of nitrogens with two attached hydrogens (primary N) is 1. The number of rotatable bonds is 7. The smallest absolute Gasteiger partial charge is 0.307 e. The summed E-state index contributed by atoms with van der Waals surface area (Å²) in [4.78, 5) is 11.4. The van der Waals surface area contributed by atoms with Crippen molar-refractivity contribution in [3.05, 3.63) is 0 Å². The lowest BCUT2D eigenvalue weighted by Gasteiger charge is -2.22. The molecule has 0 spiro atoms. The van der Waals surface area contributed by atoms with E-state index in [0.717, 1.165) is 12.8 Å². The first-order valence-electron chi connectivity index (χ1n) is 5.91. The minimum Gasteiger partial charge on any atom is -0.466 e. The summed E-state index contributed by atoms with van der Waals surface area (Å²) < 4.78 is 10.4. The van der Waals surface area contributed by atoms with Crippen molar-refractivity contribution in [1.29, 1.82) is 0 Å². The van der Waals surface area contributed by atoms with Crippen molar-refractivity contribution in [1.82, 2.24) is 0 Å². The van der Waals surface area contributed by atoms with Crippen molar-refractivity contribution in [3.8, 4) is 0 Å². The molecule has 1 aliphatic rings. The lowest BCUT2D eigenvalue weighted by atomic mass is 10.1. The minimum atomic E-state index is -0.237. The lowest BCUT2D eigenvalue weighted by Crippen LogP contribution is -2.29. The Bertz CT molecular complexity index is 236. The molecule has 4 nitrogen and oxygen atoms in total. The van der Waals surface area contributed by atoms with Crippen LogP contribution < -0.4 is 5.73 Å². The molecule has 94 valence electrons. The Kier molecular flexibility index (Phi) is 4.74. The third kappa shape index (κ3) is 4.94. The Morgan fingerprint density at radius 2 is 2.12 bits per heavy atom. The van der Waals surface area contributed by atoms with Crippen molar-refractivity contribution in [2.24, 2.45) is 11.7 Å². The second-order valence-corrected chi connectivity index (χ2v) is 5.14. The first-order valence-corrected chi connectivity index (χ1v) is 5.91. The zero-order chi connectivity index (χ0) is 12.2. The summed E-state index contributed by atoms with van der Waals surface area (Å²) in [5.41, 5.74) is 5.60. The molecule has 1 saturated carbocycles. The maximum absolute atomic E-state index is 11.4. The van der Waals surface area contributed by atoms with Gasteiger partial charge in [-0.3, -0.25) is 4.79 Å². The van der Waals surface area contributed by atoms with Crippen molar-refractivity contribution in [2.75, 3.05) is 13.7 Å². The van der Waals surface area contributed by atoms with Crippen molar-refractivity contribution in [3.63, 3.8) is 0 Å². The van der Waals surface area contributed by atoms with Crippen LogP contribution in [0.15, 0.2) is 0 Å². The lowest BCUT2D eigenvalue weighted by molar-refractivity contribution is -0.145. The molecular weight excluding hydrogens is 206 g/mol. The molecule has 0 aromatic carbocycles. The van der Waals surface area contributed by atoms with Gasteiger partial charge in [0.15, 0.2) is 0 Å². The summed E-state index contributed by atoms with van der Waals surface area (Å²) in [6, 6.07) is -0.0112. The second kappa shape index (κ2) is 5.64. The number of hydrogen-bond acceptors (Lipinski definition) is 4. The highest BCUT2D eigenvalue weighted by Gasteiger charge is 2.30. The minimum absolute atomic E-state index is 0.0112. The predicted molar refractivity (Wildman–Crippen MR) is 62.0 cm³/mol. The molecule has 0 radical (unpaired) electrons. The molecule has 16 heavy (non-hydrogen) atoms. The Morgan fingerprint density at radius 1 is 1.50 bits per heavy atom. The van der Waals surface area contributed by atoms with Crippen LogP contribution in [0.4, 0.5) is 0 Å². The highest BCUT2D eigenvalue weighted by molar-refractivity contribution is 5.70. The monoisotopic (exact) mass is 229 g/mol. The molecule has 0 aromatic heterocycles. The number of esters is 1. The predicted octanol–water partition coefficient (Wildman–Crippen LogP) is 1.47. The fourth-order valence-electron chi connectivity index (χ4n) is 1.46. The normalized spacial score (nSPS) is 18.2. The van der Waals surface area contributed by atoms with Crippen LogP contribution >= 0.6 is 0 Å². The van der Waals surface area contributed by atoms with Gasteiger partial charge in [-0.2, -0.15) is 0 Å². The topological polar surface area (TPSA) is 61.5 Å². The molecule has 0 amide bonds. The van der Waals surface area contributed by atoms with Gasteiger partial charge in [-0.15, -0.1) is 0 Å². The Balaban J connectivity index is 2.10. The number of ether oxygens (including phenoxy) is 2. The highest BCUT2D eigenvalue weighted by Crippen LogP contribution is 2.32. The average Bonchev–Trinajstić information content (AvgIpc) is 3.00. The van der Waals surface area contributed by atoms with E-state index in [1.54, 1.807) is 7.11 Å². The third-order valence-electron chi connectivity index (χ3n) is 3.15. The summed E-state index contributed by atoms with van der Waals surface area (Å²) in [6.45, 7) is 4.34. The molecule has 0 saturated heterocycles. The molecule has 0 bridgehead atoms. The summed E-state index contributed by atoms with van der Waals surface area (Å²) >= 11 is 0. The van der Waals surface area contributed by atoms with Crippen LogP contribution in [-0.4, -0.2) is 31.3 Å². The molecule has 1 atom stereocenters. The van der Waals surface area contributed by atoms with E-state index >= 15 is 0 Å². The van der Waals surface area contributed by atoms with Gasteiger partial charge in [-0.25, -0.2) is 0 Å². The number of carbonyl (C=O) groups excluding carboxylic acids is 1. The van der Waals surface area contributed by atoms with Gasteiger partial charge in [0.2, 0.25) is 0 Å². The number of methoxy groups -OCH3 is 1. The van der Waals surface area contributed by atoms with Gasteiger partial charge >= 0.3 is 5.97 Å². The summed E-state index contributed by atoms with van der Waals surface area (Å²) in [5, 5.41) is 0. The average molecular weight is 229 g/mol. The molecule has 0 heterocycles. The second-order valence-electron chi connectivity index (χ2n) is 5.14. The number of hydrogen-bond donors (Lipinski definition) is 1. The van der Waals surface area contributed by atoms with Gasteiger partial charge in [0.1, 0.15) is 0 Å². The molecule has 0 aromatic rings. The van der Waals surface area contributed by atoms with E-state index in [4.69, 9.17) is 15.2 Å². The fraction of sp³-hybridized carbons (Fsp3) is 0.917. The van der Waals surface area contributed by atoms with Crippen LogP contribution in [0, 0.1) is 5.92 Å². The molecule has 4 heteroatoms. The first-order chi connectivity index (χ1) is 7.44. The van der Waals surface area contributed by atoms with Crippen LogP contribution in [0.5, 0.6) is 0 Å². The standard InChI is InChI=1S/C12H23NO3/c1-12(2,15-3)6-7-16-11(14)8-10(13)9-4-5-9/h9-10H,4-8,13H2,1-3H3. The van der Waals surface area contributed by atoms with Gasteiger partial charge in [0.05, 0.1) is 18.6 Å². The van der Waals surface area contributed by atoms with E-state index in [1.807, 2.05) is 13.8 Å². The van der Waals surface area contributed by atoms with E-state index in [0.29, 0.717) is 25.4 Å². The fourth-order valence-corrected chi connectivity index (χ4v) is 1.46. The molecule has 2 N–H and O–H groups in total. The summed E-state index contributed by atoms with van der Waals surface area (Å²) in [7, 11) is 1.66. The van der Waals surface area contributed by atoms with Crippen molar-refractivity contribution < 1.29 is 14.3 Å². The first kappa shape index (κ1) is 13.5. The van der Waals surface area contributed by atoms with Crippen LogP contribution in [0.3, 0.4) is 0 Å². The zero-order valence-electron chi connectivity index (χ0n) is 10.5. The van der Waals surface area contributed by atoms with Crippen molar-refractivity contribution >= 4 is 5.97 Å². The molecule has 0 aliphatic heterocycles. The Morgan fingerprint density at radius 3 is 2.62 bits per heavy atom. The van der Waals surface area contributed by atoms with Gasteiger partial charge in [0, 0.05) is 19.6 Å². The molecule has 1 rings (SSSR count). The molecule has 1 unspecified atom stereocenters. The van der Waals surface area contributed by atoms with Gasteiger partial charge in [-0.1, -0.05) is 0 Å². The SMILES string of the molecule is COC(C)(C)CCOC(=O)CC(N)C1CC1. The largest absolute Gasteiger partial charge is 0.466 e.